The summed E-state index contributed by atoms with van der Waals surface area (Å²) in [5, 5.41) is 3.00. The van der Waals surface area contributed by atoms with Crippen molar-refractivity contribution in [2.75, 3.05) is 26.9 Å². The van der Waals surface area contributed by atoms with Crippen molar-refractivity contribution in [3.05, 3.63) is 29.8 Å². The molecule has 4 heteroatoms. The van der Waals surface area contributed by atoms with Crippen LogP contribution in [-0.4, -0.2) is 32.8 Å². The molecule has 4 nitrogen and oxygen atoms in total. The quantitative estimate of drug-likeness (QED) is 0.801. The highest BCUT2D eigenvalue weighted by molar-refractivity contribution is 5.75. The van der Waals surface area contributed by atoms with Crippen LogP contribution < -0.4 is 10.1 Å². The molecule has 1 atom stereocenters. The average molecular weight is 291 g/mol. The highest BCUT2D eigenvalue weighted by atomic mass is 16.5. The predicted octanol–water partition coefficient (Wildman–Crippen LogP) is 2.56. The Hall–Kier alpha value is -1.55. The number of methoxy groups -OCH3 is 1. The van der Waals surface area contributed by atoms with Gasteiger partial charge in [-0.1, -0.05) is 12.1 Å². The van der Waals surface area contributed by atoms with Crippen molar-refractivity contribution in [1.82, 2.24) is 5.32 Å². The van der Waals surface area contributed by atoms with Crippen LogP contribution in [0, 0.1) is 5.92 Å². The van der Waals surface area contributed by atoms with Crippen LogP contribution in [0.15, 0.2) is 24.3 Å². The van der Waals surface area contributed by atoms with E-state index in [4.69, 9.17) is 9.47 Å². The summed E-state index contributed by atoms with van der Waals surface area (Å²) in [7, 11) is 1.66. The van der Waals surface area contributed by atoms with Crippen LogP contribution in [0.2, 0.25) is 0 Å². The number of rotatable bonds is 8. The smallest absolute Gasteiger partial charge is 0.220 e. The highest BCUT2D eigenvalue weighted by Gasteiger charge is 2.15. The number of ether oxygens (including phenoxy) is 2. The van der Waals surface area contributed by atoms with Gasteiger partial charge in [0, 0.05) is 26.2 Å². The van der Waals surface area contributed by atoms with Crippen LogP contribution in [0.1, 0.15) is 31.2 Å². The van der Waals surface area contributed by atoms with Gasteiger partial charge in [0.2, 0.25) is 5.91 Å². The maximum Gasteiger partial charge on any atom is 0.220 e. The molecule has 0 aliphatic carbocycles. The zero-order chi connectivity index (χ0) is 14.9. The van der Waals surface area contributed by atoms with Gasteiger partial charge in [0.05, 0.1) is 7.11 Å². The van der Waals surface area contributed by atoms with Crippen LogP contribution in [0.3, 0.4) is 0 Å². The zero-order valence-electron chi connectivity index (χ0n) is 12.8. The Bertz CT molecular complexity index is 424. The monoisotopic (exact) mass is 291 g/mol. The molecular formula is C17H25NO3. The van der Waals surface area contributed by atoms with Gasteiger partial charge >= 0.3 is 0 Å². The number of benzene rings is 1. The average Bonchev–Trinajstić information content (AvgIpc) is 3.01. The van der Waals surface area contributed by atoms with Gasteiger partial charge < -0.3 is 14.8 Å². The second-order valence-corrected chi connectivity index (χ2v) is 5.57. The normalized spacial score (nSPS) is 17.7. The van der Waals surface area contributed by atoms with Gasteiger partial charge in [-0.05, 0) is 49.3 Å². The van der Waals surface area contributed by atoms with Gasteiger partial charge in [-0.15, -0.1) is 0 Å². The van der Waals surface area contributed by atoms with E-state index in [2.05, 4.69) is 17.4 Å². The summed E-state index contributed by atoms with van der Waals surface area (Å²) in [5.74, 6) is 1.65. The van der Waals surface area contributed by atoms with Crippen LogP contribution in [-0.2, 0) is 16.0 Å². The minimum Gasteiger partial charge on any atom is -0.497 e. The molecule has 0 spiro atoms. The van der Waals surface area contributed by atoms with E-state index < -0.39 is 0 Å². The Labute approximate surface area is 126 Å². The first-order valence-electron chi connectivity index (χ1n) is 7.75. The van der Waals surface area contributed by atoms with Crippen molar-refractivity contribution in [3.63, 3.8) is 0 Å². The molecule has 1 saturated heterocycles. The third-order valence-corrected chi connectivity index (χ3v) is 3.93. The topological polar surface area (TPSA) is 47.6 Å². The van der Waals surface area contributed by atoms with Crippen LogP contribution >= 0.6 is 0 Å². The lowest BCUT2D eigenvalue weighted by atomic mass is 10.1. The van der Waals surface area contributed by atoms with Crippen molar-refractivity contribution >= 4 is 5.91 Å². The maximum absolute atomic E-state index is 11.7. The van der Waals surface area contributed by atoms with E-state index in [0.717, 1.165) is 51.2 Å². The van der Waals surface area contributed by atoms with Gasteiger partial charge in [0.1, 0.15) is 5.75 Å². The van der Waals surface area contributed by atoms with Crippen molar-refractivity contribution in [2.24, 2.45) is 5.92 Å². The molecule has 0 aromatic heterocycles. The Morgan fingerprint density at radius 1 is 1.38 bits per heavy atom. The molecule has 1 amide bonds. The summed E-state index contributed by atoms with van der Waals surface area (Å²) in [4.78, 5) is 11.7. The molecule has 21 heavy (non-hydrogen) atoms. The van der Waals surface area contributed by atoms with Crippen LogP contribution in [0.5, 0.6) is 5.75 Å². The van der Waals surface area contributed by atoms with Crippen molar-refractivity contribution in [1.29, 1.82) is 0 Å². The summed E-state index contributed by atoms with van der Waals surface area (Å²) in [6.45, 7) is 2.50. The second kappa shape index (κ2) is 8.67. The molecule has 116 valence electrons. The molecular weight excluding hydrogens is 266 g/mol. The first-order chi connectivity index (χ1) is 10.3. The number of nitrogens with one attached hydrogen (secondary N) is 1. The summed E-state index contributed by atoms with van der Waals surface area (Å²) in [6.07, 6.45) is 4.56. The fourth-order valence-corrected chi connectivity index (χ4v) is 2.56. The molecule has 1 aliphatic rings. The molecule has 0 saturated carbocycles. The number of hydrogen-bond acceptors (Lipinski definition) is 3. The van der Waals surface area contributed by atoms with Crippen LogP contribution in [0.4, 0.5) is 0 Å². The van der Waals surface area contributed by atoms with Gasteiger partial charge in [0.15, 0.2) is 0 Å². The first kappa shape index (κ1) is 15.8. The third kappa shape index (κ3) is 5.76. The lowest BCUT2D eigenvalue weighted by Crippen LogP contribution is -2.25. The van der Waals surface area contributed by atoms with Gasteiger partial charge in [0.25, 0.3) is 0 Å². The van der Waals surface area contributed by atoms with Gasteiger partial charge in [-0.2, -0.15) is 0 Å². The van der Waals surface area contributed by atoms with E-state index in [1.807, 2.05) is 12.1 Å². The molecule has 1 aromatic rings. The number of amides is 1. The lowest BCUT2D eigenvalue weighted by Gasteiger charge is -2.09. The Morgan fingerprint density at radius 3 is 2.86 bits per heavy atom. The van der Waals surface area contributed by atoms with E-state index in [1.165, 1.54) is 5.56 Å². The maximum atomic E-state index is 11.7. The van der Waals surface area contributed by atoms with E-state index in [-0.39, 0.29) is 5.91 Å². The van der Waals surface area contributed by atoms with E-state index in [1.54, 1.807) is 7.11 Å². The summed E-state index contributed by atoms with van der Waals surface area (Å²) in [5.41, 5.74) is 1.24. The Kier molecular flexibility index (Phi) is 6.54. The molecule has 1 aromatic carbocycles. The lowest BCUT2D eigenvalue weighted by molar-refractivity contribution is -0.121. The standard InChI is InChI=1S/C17H25NO3/c1-20-16-7-5-14(6-8-16)3-2-4-17(19)18-11-9-15-10-12-21-13-15/h5-8,15H,2-4,9-13H2,1H3,(H,18,19). The first-order valence-corrected chi connectivity index (χ1v) is 7.75. The Balaban J connectivity index is 1.55. The number of hydrogen-bond donors (Lipinski definition) is 1. The number of aryl methyl sites for hydroxylation is 1. The van der Waals surface area contributed by atoms with Gasteiger partial charge in [-0.25, -0.2) is 0 Å². The largest absolute Gasteiger partial charge is 0.497 e. The number of carbonyl (C=O) groups excluding carboxylic acids is 1. The predicted molar refractivity (Wildman–Crippen MR) is 82.5 cm³/mol. The molecule has 0 radical (unpaired) electrons. The summed E-state index contributed by atoms with van der Waals surface area (Å²) >= 11 is 0. The third-order valence-electron chi connectivity index (χ3n) is 3.93. The van der Waals surface area contributed by atoms with E-state index in [0.29, 0.717) is 12.3 Å². The molecule has 1 N–H and O–H groups in total. The minimum absolute atomic E-state index is 0.155. The SMILES string of the molecule is COc1ccc(CCCC(=O)NCCC2CCOC2)cc1. The minimum atomic E-state index is 0.155. The van der Waals surface area contributed by atoms with Gasteiger partial charge in [-0.3, -0.25) is 4.79 Å². The molecule has 1 heterocycles. The van der Waals surface area contributed by atoms with Crippen LogP contribution in [0.25, 0.3) is 0 Å². The molecule has 1 aliphatic heterocycles. The molecule has 1 fully saturated rings. The summed E-state index contributed by atoms with van der Waals surface area (Å²) < 4.78 is 10.4. The molecule has 0 bridgehead atoms. The fourth-order valence-electron chi connectivity index (χ4n) is 2.56. The van der Waals surface area contributed by atoms with Crippen molar-refractivity contribution < 1.29 is 14.3 Å². The van der Waals surface area contributed by atoms with Crippen molar-refractivity contribution in [2.45, 2.75) is 32.1 Å². The summed E-state index contributed by atoms with van der Waals surface area (Å²) in [6, 6.07) is 8.02. The molecule has 2 rings (SSSR count). The Morgan fingerprint density at radius 2 is 2.19 bits per heavy atom. The molecule has 1 unspecified atom stereocenters. The van der Waals surface area contributed by atoms with Crippen molar-refractivity contribution in [3.8, 4) is 5.75 Å². The fraction of sp³-hybridized carbons (Fsp3) is 0.588. The number of carbonyl (C=O) groups is 1. The highest BCUT2D eigenvalue weighted by Crippen LogP contribution is 2.15. The zero-order valence-corrected chi connectivity index (χ0v) is 12.8. The second-order valence-electron chi connectivity index (χ2n) is 5.57. The van der Waals surface area contributed by atoms with E-state index in [9.17, 15) is 4.79 Å². The van der Waals surface area contributed by atoms with E-state index >= 15 is 0 Å².